The zero-order valence-corrected chi connectivity index (χ0v) is 16.5. The Hall–Kier alpha value is -3.85. The fourth-order valence-corrected chi connectivity index (χ4v) is 3.91. The van der Waals surface area contributed by atoms with Crippen molar-refractivity contribution in [3.8, 4) is 0 Å². The summed E-state index contributed by atoms with van der Waals surface area (Å²) in [5.41, 5.74) is 4.24. The number of rotatable bonds is 4. The third-order valence-corrected chi connectivity index (χ3v) is 5.29. The zero-order valence-electron chi connectivity index (χ0n) is 16.5. The first-order valence-electron chi connectivity index (χ1n) is 10.1. The van der Waals surface area contributed by atoms with E-state index in [0.29, 0.717) is 6.02 Å². The number of anilines is 1. The Bertz CT molecular complexity index is 1110. The summed E-state index contributed by atoms with van der Waals surface area (Å²) in [5, 5.41) is 0. The lowest BCUT2D eigenvalue weighted by Gasteiger charge is -2.26. The van der Waals surface area contributed by atoms with E-state index in [1.807, 2.05) is 60.7 Å². The summed E-state index contributed by atoms with van der Waals surface area (Å²) in [5.74, 6) is 0. The monoisotopic (exact) mass is 390 g/mol. The Morgan fingerprint density at radius 2 is 1.07 bits per heavy atom. The molecule has 1 saturated heterocycles. The molecule has 4 aromatic rings. The normalized spacial score (nSPS) is 19.6. The Balaban J connectivity index is 1.69. The third kappa shape index (κ3) is 3.58. The van der Waals surface area contributed by atoms with Crippen molar-refractivity contribution in [2.75, 3.05) is 4.90 Å². The van der Waals surface area contributed by atoms with Crippen molar-refractivity contribution in [2.24, 2.45) is 4.99 Å². The lowest BCUT2D eigenvalue weighted by molar-refractivity contribution is 0.206. The van der Waals surface area contributed by atoms with Crippen LogP contribution in [0, 0.1) is 0 Å². The molecule has 0 bridgehead atoms. The van der Waals surface area contributed by atoms with Gasteiger partial charge in [0.25, 0.3) is 6.02 Å². The number of para-hydroxylation sites is 2. The molecule has 0 radical (unpaired) electrons. The summed E-state index contributed by atoms with van der Waals surface area (Å²) < 4.78 is 6.56. The predicted octanol–water partition coefficient (Wildman–Crippen LogP) is 6.69. The lowest BCUT2D eigenvalue weighted by Crippen LogP contribution is -2.28. The van der Waals surface area contributed by atoms with Gasteiger partial charge in [0.1, 0.15) is 6.04 Å². The average Bonchev–Trinajstić information content (AvgIpc) is 3.20. The summed E-state index contributed by atoms with van der Waals surface area (Å²) in [7, 11) is 0. The molecular weight excluding hydrogens is 368 g/mol. The summed E-state index contributed by atoms with van der Waals surface area (Å²) in [6.45, 7) is 0. The van der Waals surface area contributed by atoms with Crippen molar-refractivity contribution >= 4 is 17.4 Å². The van der Waals surface area contributed by atoms with Gasteiger partial charge in [0.15, 0.2) is 6.10 Å². The van der Waals surface area contributed by atoms with E-state index in [4.69, 9.17) is 9.73 Å². The number of nitrogens with zero attached hydrogens (tertiary/aromatic N) is 2. The molecule has 2 atom stereocenters. The molecule has 1 aliphatic rings. The van der Waals surface area contributed by atoms with E-state index in [9.17, 15) is 0 Å². The van der Waals surface area contributed by atoms with Crippen LogP contribution >= 0.6 is 0 Å². The molecule has 1 aliphatic heterocycles. The van der Waals surface area contributed by atoms with Crippen molar-refractivity contribution in [3.63, 3.8) is 0 Å². The van der Waals surface area contributed by atoms with Crippen LogP contribution in [0.1, 0.15) is 23.3 Å². The molecule has 3 heteroatoms. The molecule has 0 amide bonds. The Kier molecular flexibility index (Phi) is 5.01. The molecule has 0 aromatic heterocycles. The third-order valence-electron chi connectivity index (χ3n) is 5.29. The van der Waals surface area contributed by atoms with Gasteiger partial charge in [-0.3, -0.25) is 4.90 Å². The zero-order chi connectivity index (χ0) is 20.2. The number of hydrogen-bond donors (Lipinski definition) is 0. The van der Waals surface area contributed by atoms with E-state index in [1.165, 1.54) is 5.56 Å². The van der Waals surface area contributed by atoms with Crippen molar-refractivity contribution in [2.45, 2.75) is 12.1 Å². The van der Waals surface area contributed by atoms with Crippen LogP contribution < -0.4 is 4.90 Å². The second kappa shape index (κ2) is 8.26. The smallest absolute Gasteiger partial charge is 0.298 e. The first kappa shape index (κ1) is 18.2. The molecule has 1 fully saturated rings. The Morgan fingerprint density at radius 1 is 0.567 bits per heavy atom. The van der Waals surface area contributed by atoms with Gasteiger partial charge in [-0.2, -0.15) is 4.99 Å². The van der Waals surface area contributed by atoms with E-state index >= 15 is 0 Å². The largest absolute Gasteiger partial charge is 0.454 e. The molecule has 146 valence electrons. The molecule has 4 aromatic carbocycles. The summed E-state index contributed by atoms with van der Waals surface area (Å²) in [6, 6.07) is 41.8. The number of ether oxygens (including phenoxy) is 1. The molecule has 3 nitrogen and oxygen atoms in total. The lowest BCUT2D eigenvalue weighted by atomic mass is 9.95. The Labute approximate surface area is 176 Å². The summed E-state index contributed by atoms with van der Waals surface area (Å²) in [6.07, 6.45) is -0.170. The molecular formula is C27H22N2O. The van der Waals surface area contributed by atoms with Gasteiger partial charge in [0, 0.05) is 5.69 Å². The van der Waals surface area contributed by atoms with Gasteiger partial charge >= 0.3 is 0 Å². The first-order valence-corrected chi connectivity index (χ1v) is 10.1. The average molecular weight is 390 g/mol. The van der Waals surface area contributed by atoms with Crippen molar-refractivity contribution < 1.29 is 4.74 Å². The molecule has 0 unspecified atom stereocenters. The standard InChI is InChI=1S/C27H22N2O/c1-5-13-21(14-6-1)25-26(22-15-7-2-8-16-22)30-27(28-23-17-9-3-10-18-23)29(25)24-19-11-4-12-20-24/h1-20,25-26H/t25-,26-/m0/s1. The molecule has 0 saturated carbocycles. The van der Waals surface area contributed by atoms with Gasteiger partial charge < -0.3 is 4.74 Å². The van der Waals surface area contributed by atoms with Gasteiger partial charge in [-0.1, -0.05) is 97.1 Å². The van der Waals surface area contributed by atoms with E-state index < -0.39 is 0 Å². The maximum atomic E-state index is 6.56. The minimum Gasteiger partial charge on any atom is -0.454 e. The number of benzene rings is 4. The SMILES string of the molecule is c1ccc(N=C2O[C@@H](c3ccccc3)[C@H](c3ccccc3)N2c2ccccc2)cc1. The highest BCUT2D eigenvalue weighted by Crippen LogP contribution is 2.45. The molecule has 30 heavy (non-hydrogen) atoms. The second-order valence-corrected chi connectivity index (χ2v) is 7.24. The number of amidine groups is 1. The van der Waals surface area contributed by atoms with Crippen molar-refractivity contribution in [3.05, 3.63) is 132 Å². The van der Waals surface area contributed by atoms with Crippen molar-refractivity contribution in [1.29, 1.82) is 0 Å². The molecule has 0 spiro atoms. The molecule has 1 heterocycles. The first-order chi connectivity index (χ1) is 14.9. The van der Waals surface area contributed by atoms with Gasteiger partial charge in [-0.05, 0) is 35.4 Å². The quantitative estimate of drug-likeness (QED) is 0.388. The fraction of sp³-hybridized carbons (Fsp3) is 0.0741. The number of aliphatic imine (C=N–C) groups is 1. The van der Waals surface area contributed by atoms with Gasteiger partial charge in [0.2, 0.25) is 0 Å². The fourth-order valence-electron chi connectivity index (χ4n) is 3.91. The summed E-state index contributed by atoms with van der Waals surface area (Å²) in [4.78, 5) is 7.10. The maximum Gasteiger partial charge on any atom is 0.298 e. The van der Waals surface area contributed by atoms with Crippen LogP contribution in [0.4, 0.5) is 11.4 Å². The van der Waals surface area contributed by atoms with Gasteiger partial charge in [-0.15, -0.1) is 0 Å². The minimum absolute atomic E-state index is 0.0292. The van der Waals surface area contributed by atoms with Crippen LogP contribution in [0.15, 0.2) is 126 Å². The van der Waals surface area contributed by atoms with Crippen LogP contribution in [-0.4, -0.2) is 6.02 Å². The number of hydrogen-bond acceptors (Lipinski definition) is 2. The van der Waals surface area contributed by atoms with Crippen LogP contribution in [0.25, 0.3) is 0 Å². The van der Waals surface area contributed by atoms with Crippen LogP contribution in [0.3, 0.4) is 0 Å². The molecule has 0 N–H and O–H groups in total. The van der Waals surface area contributed by atoms with E-state index in [1.54, 1.807) is 0 Å². The predicted molar refractivity (Wildman–Crippen MR) is 122 cm³/mol. The molecule has 0 aliphatic carbocycles. The van der Waals surface area contributed by atoms with E-state index in [0.717, 1.165) is 16.9 Å². The highest BCUT2D eigenvalue weighted by molar-refractivity contribution is 5.96. The van der Waals surface area contributed by atoms with Crippen LogP contribution in [0.2, 0.25) is 0 Å². The molecule has 5 rings (SSSR count). The maximum absolute atomic E-state index is 6.56. The summed E-state index contributed by atoms with van der Waals surface area (Å²) >= 11 is 0. The minimum atomic E-state index is -0.170. The van der Waals surface area contributed by atoms with Crippen LogP contribution in [-0.2, 0) is 4.74 Å². The van der Waals surface area contributed by atoms with Crippen LogP contribution in [0.5, 0.6) is 0 Å². The van der Waals surface area contributed by atoms with Crippen molar-refractivity contribution in [1.82, 2.24) is 0 Å². The highest BCUT2D eigenvalue weighted by atomic mass is 16.5. The van der Waals surface area contributed by atoms with Gasteiger partial charge in [-0.25, -0.2) is 0 Å². The topological polar surface area (TPSA) is 24.8 Å². The van der Waals surface area contributed by atoms with E-state index in [-0.39, 0.29) is 12.1 Å². The van der Waals surface area contributed by atoms with E-state index in [2.05, 4.69) is 65.6 Å². The highest BCUT2D eigenvalue weighted by Gasteiger charge is 2.43. The Morgan fingerprint density at radius 3 is 1.67 bits per heavy atom. The van der Waals surface area contributed by atoms with Gasteiger partial charge in [0.05, 0.1) is 5.69 Å². The second-order valence-electron chi connectivity index (χ2n) is 7.24.